The maximum Gasteiger partial charge on any atom is 0.351 e. The predicted octanol–water partition coefficient (Wildman–Crippen LogP) is 1.25. The third-order valence-electron chi connectivity index (χ3n) is 2.73. The molecule has 0 aliphatic heterocycles. The first-order valence-electron chi connectivity index (χ1n) is 7.18. The van der Waals surface area contributed by atoms with Gasteiger partial charge < -0.3 is 19.5 Å². The topological polar surface area (TPSA) is 106 Å². The summed E-state index contributed by atoms with van der Waals surface area (Å²) in [6.07, 6.45) is 4.96. The van der Waals surface area contributed by atoms with Gasteiger partial charge in [0.1, 0.15) is 12.7 Å². The molecule has 0 atom stereocenters. The number of hydrogen-bond acceptors (Lipinski definition) is 9. The lowest BCUT2D eigenvalue weighted by molar-refractivity contribution is -0.140. The molecule has 0 spiro atoms. The Morgan fingerprint density at radius 3 is 2.62 bits per heavy atom. The minimum atomic E-state index is -0.681. The van der Waals surface area contributed by atoms with Crippen molar-refractivity contribution in [2.75, 3.05) is 33.2 Å². The number of nitriles is 1. The zero-order chi connectivity index (χ0) is 17.8. The van der Waals surface area contributed by atoms with Crippen molar-refractivity contribution in [2.24, 2.45) is 0 Å². The first-order valence-corrected chi connectivity index (χ1v) is 8.40. The number of carbonyl (C=O) groups is 1. The van der Waals surface area contributed by atoms with Crippen LogP contribution in [0.5, 0.6) is 6.01 Å². The first-order chi connectivity index (χ1) is 11.7. The highest BCUT2D eigenvalue weighted by Gasteiger charge is 2.16. The fraction of sp³-hybridized carbons (Fsp3) is 0.467. The summed E-state index contributed by atoms with van der Waals surface area (Å²) in [4.78, 5) is 20.0. The lowest BCUT2D eigenvalue weighted by Gasteiger charge is -2.11. The standard InChI is InChI=1S/C15H20N4O4S/c1-4-22-5-6-23-14(20)12(7-16)13(24-3)17-8-11-9-18-15(21-2)19-10-11/h9-10,17H,4-6,8H2,1-3H3/b13-12+. The number of ether oxygens (including phenoxy) is 3. The van der Waals surface area contributed by atoms with Crippen molar-refractivity contribution in [3.05, 3.63) is 28.6 Å². The molecule has 24 heavy (non-hydrogen) atoms. The molecule has 1 aromatic heterocycles. The van der Waals surface area contributed by atoms with E-state index in [4.69, 9.17) is 14.2 Å². The maximum atomic E-state index is 12.0. The number of nitrogens with one attached hydrogen (secondary N) is 1. The number of thioether (sulfide) groups is 1. The molecule has 0 amide bonds. The molecule has 1 aromatic rings. The van der Waals surface area contributed by atoms with E-state index in [0.29, 0.717) is 24.8 Å². The molecule has 1 N–H and O–H groups in total. The van der Waals surface area contributed by atoms with E-state index in [9.17, 15) is 10.1 Å². The van der Waals surface area contributed by atoms with E-state index in [-0.39, 0.29) is 18.2 Å². The Morgan fingerprint density at radius 2 is 2.08 bits per heavy atom. The van der Waals surface area contributed by atoms with Crippen LogP contribution in [0.2, 0.25) is 0 Å². The van der Waals surface area contributed by atoms with Crippen LogP contribution in [0, 0.1) is 11.3 Å². The summed E-state index contributed by atoms with van der Waals surface area (Å²) >= 11 is 1.25. The van der Waals surface area contributed by atoms with Gasteiger partial charge in [-0.05, 0) is 13.2 Å². The number of rotatable bonds is 10. The highest BCUT2D eigenvalue weighted by atomic mass is 32.2. The molecule has 8 nitrogen and oxygen atoms in total. The largest absolute Gasteiger partial charge is 0.467 e. The molecule has 0 fully saturated rings. The minimum absolute atomic E-state index is 0.0755. The SMILES string of the molecule is CCOCCOC(=O)/C(C#N)=C(\NCc1cnc(OC)nc1)SC. The van der Waals surface area contributed by atoms with Crippen molar-refractivity contribution in [3.63, 3.8) is 0 Å². The van der Waals surface area contributed by atoms with Crippen molar-refractivity contribution < 1.29 is 19.0 Å². The molecule has 0 aromatic carbocycles. The summed E-state index contributed by atoms with van der Waals surface area (Å²) in [6, 6.07) is 2.15. The summed E-state index contributed by atoms with van der Waals surface area (Å²) in [5, 5.41) is 12.7. The molecule has 0 saturated carbocycles. The predicted molar refractivity (Wildman–Crippen MR) is 89.0 cm³/mol. The van der Waals surface area contributed by atoms with Crippen molar-refractivity contribution in [3.8, 4) is 12.1 Å². The average Bonchev–Trinajstić information content (AvgIpc) is 2.62. The monoisotopic (exact) mass is 352 g/mol. The van der Waals surface area contributed by atoms with Gasteiger partial charge in [0.15, 0.2) is 5.57 Å². The summed E-state index contributed by atoms with van der Waals surface area (Å²) in [6.45, 7) is 3.15. The second-order valence-electron chi connectivity index (χ2n) is 4.28. The van der Waals surface area contributed by atoms with Crippen LogP contribution >= 0.6 is 11.8 Å². The van der Waals surface area contributed by atoms with Gasteiger partial charge in [0.25, 0.3) is 0 Å². The normalized spacial score (nSPS) is 11.2. The lowest BCUT2D eigenvalue weighted by atomic mass is 10.3. The van der Waals surface area contributed by atoms with Gasteiger partial charge in [-0.2, -0.15) is 5.26 Å². The number of hydrogen-bond donors (Lipinski definition) is 1. The Morgan fingerprint density at radius 1 is 1.38 bits per heavy atom. The van der Waals surface area contributed by atoms with Crippen molar-refractivity contribution in [1.82, 2.24) is 15.3 Å². The zero-order valence-electron chi connectivity index (χ0n) is 13.9. The summed E-state index contributed by atoms with van der Waals surface area (Å²) < 4.78 is 15.0. The van der Waals surface area contributed by atoms with Gasteiger partial charge in [0.2, 0.25) is 0 Å². The minimum Gasteiger partial charge on any atom is -0.467 e. The highest BCUT2D eigenvalue weighted by Crippen LogP contribution is 2.16. The maximum absolute atomic E-state index is 12.0. The third kappa shape index (κ3) is 6.44. The fourth-order valence-corrected chi connectivity index (χ4v) is 2.13. The van der Waals surface area contributed by atoms with Crippen LogP contribution in [0.4, 0.5) is 0 Å². The average molecular weight is 352 g/mol. The molecule has 0 saturated heterocycles. The van der Waals surface area contributed by atoms with E-state index in [1.807, 2.05) is 13.0 Å². The van der Waals surface area contributed by atoms with Gasteiger partial charge in [-0.15, -0.1) is 11.8 Å². The number of esters is 1. The van der Waals surface area contributed by atoms with E-state index in [2.05, 4.69) is 15.3 Å². The molecule has 130 valence electrons. The molecular weight excluding hydrogens is 332 g/mol. The second kappa shape index (κ2) is 11.3. The van der Waals surface area contributed by atoms with E-state index in [0.717, 1.165) is 5.56 Å². The quantitative estimate of drug-likeness (QED) is 0.288. The van der Waals surface area contributed by atoms with Gasteiger partial charge in [0, 0.05) is 31.1 Å². The van der Waals surface area contributed by atoms with Crippen molar-refractivity contribution in [2.45, 2.75) is 13.5 Å². The number of aromatic nitrogens is 2. The Kier molecular flexibility index (Phi) is 9.26. The first kappa shape index (κ1) is 19.7. The molecule has 0 unspecified atom stereocenters. The van der Waals surface area contributed by atoms with Gasteiger partial charge >= 0.3 is 12.0 Å². The molecule has 9 heteroatoms. The van der Waals surface area contributed by atoms with Crippen LogP contribution in [0.1, 0.15) is 12.5 Å². The van der Waals surface area contributed by atoms with E-state index >= 15 is 0 Å². The Labute approximate surface area is 145 Å². The van der Waals surface area contributed by atoms with Crippen LogP contribution in [0.25, 0.3) is 0 Å². The Bertz CT molecular complexity index is 598. The van der Waals surface area contributed by atoms with Crippen LogP contribution in [-0.4, -0.2) is 49.1 Å². The third-order valence-corrected chi connectivity index (χ3v) is 3.49. The smallest absolute Gasteiger partial charge is 0.351 e. The molecular formula is C15H20N4O4S. The molecule has 0 bridgehead atoms. The van der Waals surface area contributed by atoms with Crippen molar-refractivity contribution >= 4 is 17.7 Å². The molecule has 0 aliphatic rings. The molecule has 1 rings (SSSR count). The summed E-state index contributed by atoms with van der Waals surface area (Å²) in [7, 11) is 1.48. The summed E-state index contributed by atoms with van der Waals surface area (Å²) in [5.41, 5.74) is 0.706. The second-order valence-corrected chi connectivity index (χ2v) is 5.10. The van der Waals surface area contributed by atoms with E-state index < -0.39 is 5.97 Å². The molecule has 0 aliphatic carbocycles. The van der Waals surface area contributed by atoms with Crippen LogP contribution in [-0.2, 0) is 20.8 Å². The Hall–Kier alpha value is -2.31. The molecule has 0 radical (unpaired) electrons. The van der Waals surface area contributed by atoms with E-state index in [1.165, 1.54) is 18.9 Å². The Balaban J connectivity index is 2.69. The lowest BCUT2D eigenvalue weighted by Crippen LogP contribution is -2.19. The highest BCUT2D eigenvalue weighted by molar-refractivity contribution is 8.02. The van der Waals surface area contributed by atoms with Gasteiger partial charge in [0.05, 0.1) is 18.7 Å². The number of nitrogens with zero attached hydrogens (tertiary/aromatic N) is 3. The number of methoxy groups -OCH3 is 1. The van der Waals surface area contributed by atoms with Gasteiger partial charge in [-0.3, -0.25) is 0 Å². The van der Waals surface area contributed by atoms with Gasteiger partial charge in [-0.1, -0.05) is 0 Å². The van der Waals surface area contributed by atoms with Crippen LogP contribution in [0.3, 0.4) is 0 Å². The zero-order valence-corrected chi connectivity index (χ0v) is 14.7. The van der Waals surface area contributed by atoms with Crippen LogP contribution in [0.15, 0.2) is 23.0 Å². The summed E-state index contributed by atoms with van der Waals surface area (Å²) in [5.74, 6) is -0.681. The fourth-order valence-electron chi connectivity index (χ4n) is 1.58. The van der Waals surface area contributed by atoms with E-state index in [1.54, 1.807) is 18.6 Å². The van der Waals surface area contributed by atoms with Crippen molar-refractivity contribution in [1.29, 1.82) is 5.26 Å². The van der Waals surface area contributed by atoms with Gasteiger partial charge in [-0.25, -0.2) is 14.8 Å². The molecule has 1 heterocycles. The van der Waals surface area contributed by atoms with Crippen LogP contribution < -0.4 is 10.1 Å². The number of carbonyl (C=O) groups excluding carboxylic acids is 1.